The van der Waals surface area contributed by atoms with Gasteiger partial charge < -0.3 is 18.9 Å². The Bertz CT molecular complexity index is 1240. The van der Waals surface area contributed by atoms with Gasteiger partial charge >= 0.3 is 12.1 Å². The van der Waals surface area contributed by atoms with Crippen LogP contribution in [0.5, 0.6) is 0 Å². The first-order valence-electron chi connectivity index (χ1n) is 10.9. The monoisotopic (exact) mass is 450 g/mol. The van der Waals surface area contributed by atoms with Crippen LogP contribution in [0, 0.1) is 0 Å². The summed E-state index contributed by atoms with van der Waals surface area (Å²) >= 11 is 0. The summed E-state index contributed by atoms with van der Waals surface area (Å²) in [5, 5.41) is 3.69. The van der Waals surface area contributed by atoms with Crippen molar-refractivity contribution >= 4 is 47.9 Å². The number of benzene rings is 2. The van der Waals surface area contributed by atoms with E-state index >= 15 is 0 Å². The van der Waals surface area contributed by atoms with Crippen LogP contribution in [0.2, 0.25) is 0 Å². The predicted molar refractivity (Wildman–Crippen MR) is 123 cm³/mol. The molecule has 0 spiro atoms. The van der Waals surface area contributed by atoms with Crippen LogP contribution >= 0.6 is 0 Å². The van der Waals surface area contributed by atoms with Crippen molar-refractivity contribution in [3.63, 3.8) is 0 Å². The fourth-order valence-electron chi connectivity index (χ4n) is 4.22. The molecular weight excluding hydrogens is 424 g/mol. The van der Waals surface area contributed by atoms with Crippen LogP contribution in [0.1, 0.15) is 37.3 Å². The Morgan fingerprint density at radius 3 is 2.42 bits per heavy atom. The van der Waals surface area contributed by atoms with Gasteiger partial charge in [-0.15, -0.1) is 0 Å². The van der Waals surface area contributed by atoms with E-state index in [1.54, 1.807) is 6.08 Å². The number of carbonyl (C=O) groups is 3. The second kappa shape index (κ2) is 9.58. The molecule has 0 amide bonds. The maximum absolute atomic E-state index is 12.8. The van der Waals surface area contributed by atoms with E-state index in [1.165, 1.54) is 6.92 Å². The number of Topliss-reactive ketones (excluding diaryl/α,β-unsaturated/α-hetero) is 1. The summed E-state index contributed by atoms with van der Waals surface area (Å²) < 4.78 is 20.4. The van der Waals surface area contributed by atoms with Gasteiger partial charge in [0.25, 0.3) is 0 Å². The van der Waals surface area contributed by atoms with Gasteiger partial charge in [-0.1, -0.05) is 37.4 Å². The van der Waals surface area contributed by atoms with Gasteiger partial charge in [-0.2, -0.15) is 0 Å². The van der Waals surface area contributed by atoms with E-state index in [1.807, 2.05) is 24.3 Å². The van der Waals surface area contributed by atoms with E-state index in [9.17, 15) is 14.4 Å². The summed E-state index contributed by atoms with van der Waals surface area (Å²) in [6, 6.07) is 7.84. The lowest BCUT2D eigenvalue weighted by atomic mass is 9.97. The van der Waals surface area contributed by atoms with Crippen molar-refractivity contribution in [2.24, 2.45) is 0 Å². The highest BCUT2D eigenvalue weighted by Gasteiger charge is 2.25. The summed E-state index contributed by atoms with van der Waals surface area (Å²) in [5.74, 6) is -1.13. The highest BCUT2D eigenvalue weighted by atomic mass is 16.8. The van der Waals surface area contributed by atoms with Gasteiger partial charge in [0.2, 0.25) is 6.29 Å². The average molecular weight is 450 g/mol. The Labute approximate surface area is 191 Å². The number of hydrogen-bond acceptors (Lipinski definition) is 7. The molecule has 0 aromatic heterocycles. The molecule has 0 saturated carbocycles. The maximum atomic E-state index is 12.8. The SMILES string of the molecule is C=c1c2c(c(=C)c3ccccc13)CC(C(=O)CC(=O)OC(C)OC(=O)OC1CCOCC1)=C2. The zero-order chi connectivity index (χ0) is 23.5. The van der Waals surface area contributed by atoms with Gasteiger partial charge in [-0.05, 0) is 38.4 Å². The number of allylic oxidation sites excluding steroid dienone is 1. The summed E-state index contributed by atoms with van der Waals surface area (Å²) in [6.07, 6.45) is 0.525. The molecule has 33 heavy (non-hydrogen) atoms. The summed E-state index contributed by atoms with van der Waals surface area (Å²) in [7, 11) is 0. The van der Waals surface area contributed by atoms with Gasteiger partial charge in [0, 0.05) is 31.8 Å². The lowest BCUT2D eigenvalue weighted by molar-refractivity contribution is -0.169. The molecule has 0 bridgehead atoms. The molecule has 2 aromatic carbocycles. The quantitative estimate of drug-likeness (QED) is 0.380. The largest absolute Gasteiger partial charge is 0.511 e. The molecule has 1 aliphatic carbocycles. The molecule has 1 saturated heterocycles. The Morgan fingerprint density at radius 1 is 1.06 bits per heavy atom. The molecule has 1 fully saturated rings. The number of rotatable bonds is 6. The lowest BCUT2D eigenvalue weighted by Gasteiger charge is -2.22. The number of fused-ring (bicyclic) bond motifs is 2. The smallest absolute Gasteiger partial charge is 0.431 e. The lowest BCUT2D eigenvalue weighted by Crippen LogP contribution is -2.29. The van der Waals surface area contributed by atoms with Crippen molar-refractivity contribution in [3.05, 3.63) is 51.4 Å². The zero-order valence-corrected chi connectivity index (χ0v) is 18.6. The van der Waals surface area contributed by atoms with Gasteiger partial charge in [0.05, 0.1) is 13.2 Å². The minimum absolute atomic E-state index is 0.279. The second-order valence-corrected chi connectivity index (χ2v) is 8.20. The fourth-order valence-corrected chi connectivity index (χ4v) is 4.22. The summed E-state index contributed by atoms with van der Waals surface area (Å²) in [5.41, 5.74) is 2.32. The van der Waals surface area contributed by atoms with E-state index in [-0.39, 0.29) is 11.9 Å². The van der Waals surface area contributed by atoms with Crippen LogP contribution in [0.25, 0.3) is 30.0 Å². The third-order valence-corrected chi connectivity index (χ3v) is 5.93. The first-order chi connectivity index (χ1) is 15.8. The number of ketones is 1. The number of esters is 1. The zero-order valence-electron chi connectivity index (χ0n) is 18.6. The standard InChI is InChI=1S/C26H26O7/c1-15-20-6-4-5-7-21(20)16(2)23-13-18(12-22(15)23)24(27)14-25(28)31-17(3)32-26(29)33-19-8-10-30-11-9-19/h4-7,12,17,19H,1-2,8-11,13-14H2,3H3. The van der Waals surface area contributed by atoms with E-state index < -0.39 is 24.8 Å². The molecular formula is C26H26O7. The third-order valence-electron chi connectivity index (χ3n) is 5.93. The number of ether oxygens (including phenoxy) is 4. The predicted octanol–water partition coefficient (Wildman–Crippen LogP) is 2.78. The second-order valence-electron chi connectivity index (χ2n) is 8.20. The van der Waals surface area contributed by atoms with Crippen molar-refractivity contribution in [3.8, 4) is 0 Å². The molecule has 2 aromatic rings. The molecule has 1 aliphatic heterocycles. The van der Waals surface area contributed by atoms with Crippen LogP contribution in [0.4, 0.5) is 4.79 Å². The van der Waals surface area contributed by atoms with E-state index in [2.05, 4.69) is 13.2 Å². The molecule has 7 heteroatoms. The molecule has 7 nitrogen and oxygen atoms in total. The maximum Gasteiger partial charge on any atom is 0.511 e. The molecule has 1 heterocycles. The summed E-state index contributed by atoms with van der Waals surface area (Å²) in [6.45, 7) is 10.8. The van der Waals surface area contributed by atoms with Crippen molar-refractivity contribution in [2.45, 2.75) is 45.0 Å². The van der Waals surface area contributed by atoms with Gasteiger partial charge in [0.1, 0.15) is 12.5 Å². The Hall–Kier alpha value is -3.45. The normalized spacial score (nSPS) is 16.6. The van der Waals surface area contributed by atoms with Crippen molar-refractivity contribution in [2.75, 3.05) is 13.2 Å². The minimum Gasteiger partial charge on any atom is -0.431 e. The Balaban J connectivity index is 1.34. The summed E-state index contributed by atoms with van der Waals surface area (Å²) in [4.78, 5) is 36.9. The van der Waals surface area contributed by atoms with Gasteiger partial charge in [-0.25, -0.2) is 4.79 Å². The van der Waals surface area contributed by atoms with Gasteiger partial charge in [-0.3, -0.25) is 9.59 Å². The molecule has 1 atom stereocenters. The third kappa shape index (κ3) is 4.98. The molecule has 172 valence electrons. The van der Waals surface area contributed by atoms with E-state index in [0.717, 1.165) is 32.3 Å². The van der Waals surface area contributed by atoms with Crippen LogP contribution in [0.15, 0.2) is 29.8 Å². The molecule has 2 aliphatic rings. The van der Waals surface area contributed by atoms with E-state index in [4.69, 9.17) is 18.9 Å². The topological polar surface area (TPSA) is 88.1 Å². The first-order valence-corrected chi connectivity index (χ1v) is 10.9. The van der Waals surface area contributed by atoms with Crippen LogP contribution in [-0.2, 0) is 35.0 Å². The first kappa shape index (κ1) is 22.7. The molecule has 4 rings (SSSR count). The highest BCUT2D eigenvalue weighted by Crippen LogP contribution is 2.24. The molecule has 0 N–H and O–H groups in total. The van der Waals surface area contributed by atoms with Crippen LogP contribution in [0.3, 0.4) is 0 Å². The Morgan fingerprint density at radius 2 is 1.73 bits per heavy atom. The minimum atomic E-state index is -1.17. The fraction of sp³-hybridized carbons (Fsp3) is 0.346. The van der Waals surface area contributed by atoms with Crippen molar-refractivity contribution in [1.82, 2.24) is 0 Å². The van der Waals surface area contributed by atoms with Crippen LogP contribution in [-0.4, -0.2) is 43.5 Å². The molecule has 0 radical (unpaired) electrons. The van der Waals surface area contributed by atoms with Crippen LogP contribution < -0.4 is 10.4 Å². The molecule has 1 unspecified atom stereocenters. The number of hydrogen-bond donors (Lipinski definition) is 0. The van der Waals surface area contributed by atoms with Crippen molar-refractivity contribution in [1.29, 1.82) is 0 Å². The average Bonchev–Trinajstić information content (AvgIpc) is 3.24. The van der Waals surface area contributed by atoms with Gasteiger partial charge in [0.15, 0.2) is 5.78 Å². The Kier molecular flexibility index (Phi) is 6.60. The van der Waals surface area contributed by atoms with E-state index in [0.29, 0.717) is 38.0 Å². The number of carbonyl (C=O) groups excluding carboxylic acids is 3. The van der Waals surface area contributed by atoms with Crippen molar-refractivity contribution < 1.29 is 33.3 Å². The highest BCUT2D eigenvalue weighted by molar-refractivity contribution is 6.10.